The van der Waals surface area contributed by atoms with E-state index in [1.165, 1.54) is 6.07 Å². The van der Waals surface area contributed by atoms with Gasteiger partial charge in [0.2, 0.25) is 0 Å². The van der Waals surface area contributed by atoms with Crippen molar-refractivity contribution in [1.29, 1.82) is 0 Å². The van der Waals surface area contributed by atoms with Crippen LogP contribution in [0.1, 0.15) is 5.56 Å². The standard InChI is InChI=1S/C9H7F3N4OS/c10-9(11,12)4-1-2-6-5(3-4)7(15-14-6)16(18)8(13)17/h1-3,18H,(H2,13,17)(H,14,15). The van der Waals surface area contributed by atoms with Crippen LogP contribution in [-0.2, 0) is 6.18 Å². The van der Waals surface area contributed by atoms with E-state index in [-0.39, 0.29) is 11.2 Å². The first-order valence-electron chi connectivity index (χ1n) is 4.64. The molecular weight excluding hydrogens is 269 g/mol. The predicted octanol–water partition coefficient (Wildman–Crippen LogP) is 2.31. The van der Waals surface area contributed by atoms with Gasteiger partial charge in [-0.05, 0) is 18.2 Å². The molecular formula is C9H7F3N4OS. The molecule has 3 N–H and O–H groups in total. The first-order valence-corrected chi connectivity index (χ1v) is 5.04. The highest BCUT2D eigenvalue weighted by atomic mass is 32.1. The number of primary amides is 1. The van der Waals surface area contributed by atoms with Crippen LogP contribution < -0.4 is 10.0 Å². The Morgan fingerprint density at radius 2 is 2.11 bits per heavy atom. The molecule has 96 valence electrons. The Morgan fingerprint density at radius 1 is 1.44 bits per heavy atom. The minimum Gasteiger partial charge on any atom is -0.350 e. The summed E-state index contributed by atoms with van der Waals surface area (Å²) in [6.07, 6.45) is -4.48. The molecule has 2 rings (SSSR count). The normalized spacial score (nSPS) is 11.8. The first kappa shape index (κ1) is 12.6. The number of H-pyrrole nitrogens is 1. The highest BCUT2D eigenvalue weighted by molar-refractivity contribution is 7.82. The number of aromatic amines is 1. The Morgan fingerprint density at radius 3 is 2.67 bits per heavy atom. The molecule has 0 radical (unpaired) electrons. The lowest BCUT2D eigenvalue weighted by molar-refractivity contribution is -0.137. The van der Waals surface area contributed by atoms with Crippen LogP contribution in [0.25, 0.3) is 10.9 Å². The number of rotatable bonds is 1. The van der Waals surface area contributed by atoms with Crippen molar-refractivity contribution in [2.75, 3.05) is 4.31 Å². The number of thiol groups is 1. The van der Waals surface area contributed by atoms with Crippen LogP contribution in [0.5, 0.6) is 0 Å². The second-order valence-electron chi connectivity index (χ2n) is 3.46. The van der Waals surface area contributed by atoms with Crippen LogP contribution in [0.4, 0.5) is 23.8 Å². The Balaban J connectivity index is 2.60. The van der Waals surface area contributed by atoms with Gasteiger partial charge in [0.1, 0.15) is 0 Å². The Hall–Kier alpha value is -1.90. The molecule has 0 bridgehead atoms. The molecule has 0 aliphatic rings. The monoisotopic (exact) mass is 276 g/mol. The largest absolute Gasteiger partial charge is 0.416 e. The zero-order chi connectivity index (χ0) is 13.5. The van der Waals surface area contributed by atoms with Gasteiger partial charge in [0.15, 0.2) is 5.82 Å². The summed E-state index contributed by atoms with van der Waals surface area (Å²) in [6, 6.07) is 2.07. The van der Waals surface area contributed by atoms with Crippen molar-refractivity contribution in [3.05, 3.63) is 23.8 Å². The number of urea groups is 1. The third-order valence-electron chi connectivity index (χ3n) is 2.28. The molecule has 1 heterocycles. The number of carbonyl (C=O) groups is 1. The fourth-order valence-corrected chi connectivity index (χ4v) is 1.59. The van der Waals surface area contributed by atoms with Crippen LogP contribution in [-0.4, -0.2) is 16.2 Å². The Kier molecular flexibility index (Phi) is 2.85. The van der Waals surface area contributed by atoms with Crippen molar-refractivity contribution in [2.24, 2.45) is 5.73 Å². The summed E-state index contributed by atoms with van der Waals surface area (Å²) < 4.78 is 38.3. The van der Waals surface area contributed by atoms with Gasteiger partial charge in [-0.1, -0.05) is 12.8 Å². The number of benzene rings is 1. The molecule has 0 spiro atoms. The van der Waals surface area contributed by atoms with E-state index in [9.17, 15) is 18.0 Å². The second-order valence-corrected chi connectivity index (χ2v) is 3.86. The van der Waals surface area contributed by atoms with E-state index in [1.807, 2.05) is 0 Å². The summed E-state index contributed by atoms with van der Waals surface area (Å²) in [5.74, 6) is -0.0769. The van der Waals surface area contributed by atoms with Gasteiger partial charge in [-0.25, -0.2) is 9.10 Å². The quantitative estimate of drug-likeness (QED) is 0.699. The van der Waals surface area contributed by atoms with Crippen molar-refractivity contribution < 1.29 is 18.0 Å². The highest BCUT2D eigenvalue weighted by Crippen LogP contribution is 2.33. The maximum Gasteiger partial charge on any atom is 0.416 e. The molecule has 18 heavy (non-hydrogen) atoms. The molecule has 9 heteroatoms. The van der Waals surface area contributed by atoms with Crippen LogP contribution in [0, 0.1) is 0 Å². The van der Waals surface area contributed by atoms with Gasteiger partial charge in [0, 0.05) is 5.39 Å². The van der Waals surface area contributed by atoms with Gasteiger partial charge in [0.25, 0.3) is 0 Å². The zero-order valence-corrected chi connectivity index (χ0v) is 9.59. The summed E-state index contributed by atoms with van der Waals surface area (Å²) in [4.78, 5) is 10.9. The van der Waals surface area contributed by atoms with Crippen molar-refractivity contribution >= 4 is 35.6 Å². The van der Waals surface area contributed by atoms with E-state index in [2.05, 4.69) is 23.0 Å². The molecule has 0 aliphatic heterocycles. The molecule has 0 fully saturated rings. The van der Waals surface area contributed by atoms with Crippen LogP contribution in [0.2, 0.25) is 0 Å². The molecule has 0 unspecified atom stereocenters. The van der Waals surface area contributed by atoms with Gasteiger partial charge < -0.3 is 5.73 Å². The zero-order valence-electron chi connectivity index (χ0n) is 8.69. The van der Waals surface area contributed by atoms with E-state index in [0.29, 0.717) is 9.82 Å². The number of alkyl halides is 3. The van der Waals surface area contributed by atoms with E-state index < -0.39 is 17.8 Å². The fourth-order valence-electron chi connectivity index (χ4n) is 1.44. The molecule has 1 aromatic heterocycles. The number of anilines is 1. The van der Waals surface area contributed by atoms with Crippen LogP contribution in [0.3, 0.4) is 0 Å². The Labute approximate surface area is 104 Å². The molecule has 0 saturated heterocycles. The summed E-state index contributed by atoms with van der Waals surface area (Å²) in [7, 11) is 0. The van der Waals surface area contributed by atoms with Crippen molar-refractivity contribution in [3.8, 4) is 0 Å². The SMILES string of the molecule is NC(=O)N(S)c1n[nH]c2ccc(C(F)(F)F)cc12. The third kappa shape index (κ3) is 2.08. The number of fused-ring (bicyclic) bond motifs is 1. The number of nitrogens with one attached hydrogen (secondary N) is 1. The lowest BCUT2D eigenvalue weighted by atomic mass is 10.1. The number of amides is 2. The van der Waals surface area contributed by atoms with Gasteiger partial charge in [-0.2, -0.15) is 18.3 Å². The summed E-state index contributed by atoms with van der Waals surface area (Å²) in [5, 5.41) is 6.29. The van der Waals surface area contributed by atoms with Gasteiger partial charge in [-0.15, -0.1) is 0 Å². The predicted molar refractivity (Wildman–Crippen MR) is 62.1 cm³/mol. The number of hydrogen-bond donors (Lipinski definition) is 3. The van der Waals surface area contributed by atoms with E-state index in [0.717, 1.165) is 12.1 Å². The van der Waals surface area contributed by atoms with Gasteiger partial charge in [0.05, 0.1) is 11.1 Å². The molecule has 2 amide bonds. The van der Waals surface area contributed by atoms with Crippen LogP contribution in [0.15, 0.2) is 18.2 Å². The number of aromatic nitrogens is 2. The number of nitrogens with zero attached hydrogens (tertiary/aromatic N) is 2. The lowest BCUT2D eigenvalue weighted by Gasteiger charge is -2.10. The molecule has 2 aromatic rings. The second kappa shape index (κ2) is 4.09. The topological polar surface area (TPSA) is 75.0 Å². The average molecular weight is 276 g/mol. The maximum atomic E-state index is 12.6. The minimum absolute atomic E-state index is 0.0769. The molecule has 1 aromatic carbocycles. The summed E-state index contributed by atoms with van der Waals surface area (Å²) in [5.41, 5.74) is 4.48. The number of hydrogen-bond acceptors (Lipinski definition) is 3. The average Bonchev–Trinajstić information content (AvgIpc) is 2.69. The molecule has 0 atom stereocenters. The summed E-state index contributed by atoms with van der Waals surface area (Å²) >= 11 is 3.76. The lowest BCUT2D eigenvalue weighted by Crippen LogP contribution is -2.27. The molecule has 0 aliphatic carbocycles. The number of carbonyl (C=O) groups excluding carboxylic acids is 1. The summed E-state index contributed by atoms with van der Waals surface area (Å²) in [6.45, 7) is 0. The van der Waals surface area contributed by atoms with Crippen molar-refractivity contribution in [1.82, 2.24) is 10.2 Å². The maximum absolute atomic E-state index is 12.6. The Bertz CT molecular complexity index is 609. The number of nitrogens with two attached hydrogens (primary N) is 1. The van der Waals surface area contributed by atoms with Gasteiger partial charge in [-0.3, -0.25) is 5.10 Å². The smallest absolute Gasteiger partial charge is 0.350 e. The van der Waals surface area contributed by atoms with E-state index in [4.69, 9.17) is 5.73 Å². The number of halogens is 3. The van der Waals surface area contributed by atoms with Crippen molar-refractivity contribution in [3.63, 3.8) is 0 Å². The fraction of sp³-hybridized carbons (Fsp3) is 0.111. The first-order chi connectivity index (χ1) is 8.30. The molecule has 0 saturated carbocycles. The third-order valence-corrected chi connectivity index (χ3v) is 2.67. The molecule has 5 nitrogen and oxygen atoms in total. The van der Waals surface area contributed by atoms with E-state index in [1.54, 1.807) is 0 Å². The van der Waals surface area contributed by atoms with Gasteiger partial charge >= 0.3 is 12.2 Å². The minimum atomic E-state index is -4.48. The van der Waals surface area contributed by atoms with Crippen molar-refractivity contribution in [2.45, 2.75) is 6.18 Å². The van der Waals surface area contributed by atoms with E-state index >= 15 is 0 Å². The highest BCUT2D eigenvalue weighted by Gasteiger charge is 2.31. The van der Waals surface area contributed by atoms with Crippen LogP contribution >= 0.6 is 12.8 Å².